The van der Waals surface area contributed by atoms with Gasteiger partial charge < -0.3 is 9.64 Å². The van der Waals surface area contributed by atoms with Gasteiger partial charge in [-0.05, 0) is 27.2 Å². The van der Waals surface area contributed by atoms with Gasteiger partial charge >= 0.3 is 0 Å². The Balaban J connectivity index is 4.68. The number of halogens is 1. The van der Waals surface area contributed by atoms with Gasteiger partial charge in [-0.2, -0.15) is 0 Å². The van der Waals surface area contributed by atoms with Gasteiger partial charge in [0.25, 0.3) is 0 Å². The molecule has 0 bridgehead atoms. The fraction of sp³-hybridized carbons (Fsp3) is 0.917. The number of alkyl halides is 1. The van der Waals surface area contributed by atoms with E-state index in [9.17, 15) is 4.79 Å². The van der Waals surface area contributed by atoms with Gasteiger partial charge in [0.05, 0.1) is 12.0 Å². The SMILES string of the molecule is CCC(C)N(CCOC)C(=O)C(C)(C)CCl. The summed E-state index contributed by atoms with van der Waals surface area (Å²) in [5.41, 5.74) is -0.501. The normalized spacial score (nSPS) is 13.6. The van der Waals surface area contributed by atoms with E-state index in [0.29, 0.717) is 19.0 Å². The van der Waals surface area contributed by atoms with Gasteiger partial charge in [0, 0.05) is 25.6 Å². The number of nitrogens with zero attached hydrogens (tertiary/aromatic N) is 1. The van der Waals surface area contributed by atoms with E-state index in [0.717, 1.165) is 6.42 Å². The molecular formula is C12H24ClNO2. The van der Waals surface area contributed by atoms with Crippen molar-refractivity contribution in [1.82, 2.24) is 4.90 Å². The Kier molecular flexibility index (Phi) is 7.00. The van der Waals surface area contributed by atoms with E-state index in [1.807, 2.05) is 18.7 Å². The molecule has 0 N–H and O–H groups in total. The lowest BCUT2D eigenvalue weighted by Gasteiger charge is -2.34. The molecule has 0 heterocycles. The molecule has 96 valence electrons. The summed E-state index contributed by atoms with van der Waals surface area (Å²) in [6, 6.07) is 0.227. The third-order valence-electron chi connectivity index (χ3n) is 2.83. The summed E-state index contributed by atoms with van der Waals surface area (Å²) in [4.78, 5) is 14.2. The lowest BCUT2D eigenvalue weighted by Crippen LogP contribution is -2.47. The third kappa shape index (κ3) is 4.30. The zero-order valence-electron chi connectivity index (χ0n) is 11.0. The summed E-state index contributed by atoms with van der Waals surface area (Å²) in [5, 5.41) is 0. The molecule has 0 rings (SSSR count). The first-order valence-electron chi connectivity index (χ1n) is 5.76. The molecular weight excluding hydrogens is 226 g/mol. The second kappa shape index (κ2) is 7.13. The van der Waals surface area contributed by atoms with Crippen LogP contribution in [-0.4, -0.2) is 43.0 Å². The predicted octanol–water partition coefficient (Wildman–Crippen LogP) is 2.52. The number of rotatable bonds is 7. The van der Waals surface area contributed by atoms with Gasteiger partial charge in [-0.25, -0.2) is 0 Å². The van der Waals surface area contributed by atoms with Crippen LogP contribution in [0.15, 0.2) is 0 Å². The molecule has 0 aliphatic carbocycles. The number of carbonyl (C=O) groups is 1. The van der Waals surface area contributed by atoms with Crippen LogP contribution in [0.2, 0.25) is 0 Å². The summed E-state index contributed by atoms with van der Waals surface area (Å²) in [5.74, 6) is 0.445. The Morgan fingerprint density at radius 1 is 1.50 bits per heavy atom. The smallest absolute Gasteiger partial charge is 0.229 e. The van der Waals surface area contributed by atoms with Crippen molar-refractivity contribution in [2.75, 3.05) is 26.1 Å². The van der Waals surface area contributed by atoms with E-state index in [-0.39, 0.29) is 11.9 Å². The van der Waals surface area contributed by atoms with Crippen molar-refractivity contribution in [1.29, 1.82) is 0 Å². The molecule has 0 fully saturated rings. The maximum atomic E-state index is 12.3. The van der Waals surface area contributed by atoms with Crippen LogP contribution in [0, 0.1) is 5.41 Å². The van der Waals surface area contributed by atoms with Crippen LogP contribution in [0.3, 0.4) is 0 Å². The Hall–Kier alpha value is -0.280. The standard InChI is InChI=1S/C12H24ClNO2/c1-6-10(2)14(7-8-16-5)11(15)12(3,4)9-13/h10H,6-9H2,1-5H3. The van der Waals surface area contributed by atoms with E-state index in [1.54, 1.807) is 7.11 Å². The van der Waals surface area contributed by atoms with Crippen molar-refractivity contribution in [3.8, 4) is 0 Å². The maximum absolute atomic E-state index is 12.3. The molecule has 0 aliphatic rings. The van der Waals surface area contributed by atoms with Crippen LogP contribution in [-0.2, 0) is 9.53 Å². The lowest BCUT2D eigenvalue weighted by atomic mass is 9.93. The van der Waals surface area contributed by atoms with E-state index < -0.39 is 5.41 Å². The van der Waals surface area contributed by atoms with E-state index in [4.69, 9.17) is 16.3 Å². The van der Waals surface area contributed by atoms with Crippen molar-refractivity contribution >= 4 is 17.5 Å². The van der Waals surface area contributed by atoms with Crippen molar-refractivity contribution in [2.24, 2.45) is 5.41 Å². The van der Waals surface area contributed by atoms with Gasteiger partial charge in [0.1, 0.15) is 0 Å². The van der Waals surface area contributed by atoms with Crippen LogP contribution in [0.1, 0.15) is 34.1 Å². The monoisotopic (exact) mass is 249 g/mol. The van der Waals surface area contributed by atoms with Gasteiger partial charge in [0.2, 0.25) is 5.91 Å². The highest BCUT2D eigenvalue weighted by Crippen LogP contribution is 2.22. The molecule has 0 radical (unpaired) electrons. The number of ether oxygens (including phenoxy) is 1. The molecule has 1 unspecified atom stereocenters. The first-order chi connectivity index (χ1) is 7.40. The first kappa shape index (κ1) is 15.7. The van der Waals surface area contributed by atoms with Gasteiger partial charge in [-0.15, -0.1) is 11.6 Å². The van der Waals surface area contributed by atoms with Crippen LogP contribution >= 0.6 is 11.6 Å². The van der Waals surface area contributed by atoms with Crippen LogP contribution in [0.5, 0.6) is 0 Å². The van der Waals surface area contributed by atoms with Crippen molar-refractivity contribution in [2.45, 2.75) is 40.2 Å². The summed E-state index contributed by atoms with van der Waals surface area (Å²) in [6.07, 6.45) is 0.938. The topological polar surface area (TPSA) is 29.5 Å². The summed E-state index contributed by atoms with van der Waals surface area (Å²) < 4.78 is 5.04. The highest BCUT2D eigenvalue weighted by atomic mass is 35.5. The second-order valence-electron chi connectivity index (χ2n) is 4.77. The fourth-order valence-electron chi connectivity index (χ4n) is 1.38. The largest absolute Gasteiger partial charge is 0.383 e. The molecule has 4 heteroatoms. The van der Waals surface area contributed by atoms with Gasteiger partial charge in [0.15, 0.2) is 0 Å². The van der Waals surface area contributed by atoms with Crippen molar-refractivity contribution in [3.05, 3.63) is 0 Å². The van der Waals surface area contributed by atoms with E-state index >= 15 is 0 Å². The molecule has 0 saturated carbocycles. The molecule has 1 atom stereocenters. The number of carbonyl (C=O) groups excluding carboxylic acids is 1. The minimum atomic E-state index is -0.501. The summed E-state index contributed by atoms with van der Waals surface area (Å²) in [6.45, 7) is 9.08. The summed E-state index contributed by atoms with van der Waals surface area (Å²) in [7, 11) is 1.64. The van der Waals surface area contributed by atoms with Crippen molar-refractivity contribution < 1.29 is 9.53 Å². The fourth-order valence-corrected chi connectivity index (χ4v) is 1.49. The zero-order chi connectivity index (χ0) is 12.8. The molecule has 3 nitrogen and oxygen atoms in total. The van der Waals surface area contributed by atoms with Crippen molar-refractivity contribution in [3.63, 3.8) is 0 Å². The Labute approximate surface area is 104 Å². The summed E-state index contributed by atoms with van der Waals surface area (Å²) >= 11 is 5.84. The molecule has 0 saturated heterocycles. The number of hydrogen-bond acceptors (Lipinski definition) is 2. The van der Waals surface area contributed by atoms with E-state index in [2.05, 4.69) is 13.8 Å². The Bertz CT molecular complexity index is 219. The highest BCUT2D eigenvalue weighted by molar-refractivity contribution is 6.19. The molecule has 16 heavy (non-hydrogen) atoms. The predicted molar refractivity (Wildman–Crippen MR) is 67.8 cm³/mol. The number of hydrogen-bond donors (Lipinski definition) is 0. The van der Waals surface area contributed by atoms with Gasteiger partial charge in [-0.1, -0.05) is 6.92 Å². The third-order valence-corrected chi connectivity index (χ3v) is 3.50. The quantitative estimate of drug-likeness (QED) is 0.649. The lowest BCUT2D eigenvalue weighted by molar-refractivity contribution is -0.142. The van der Waals surface area contributed by atoms with Crippen LogP contribution in [0.25, 0.3) is 0 Å². The number of amides is 1. The Morgan fingerprint density at radius 3 is 2.44 bits per heavy atom. The molecule has 0 aromatic carbocycles. The maximum Gasteiger partial charge on any atom is 0.229 e. The van der Waals surface area contributed by atoms with Crippen LogP contribution in [0.4, 0.5) is 0 Å². The first-order valence-corrected chi connectivity index (χ1v) is 6.30. The second-order valence-corrected chi connectivity index (χ2v) is 5.03. The molecule has 0 aromatic rings. The van der Waals surface area contributed by atoms with Crippen LogP contribution < -0.4 is 0 Å². The zero-order valence-corrected chi connectivity index (χ0v) is 11.8. The average molecular weight is 250 g/mol. The molecule has 0 aromatic heterocycles. The molecule has 0 spiro atoms. The molecule has 1 amide bonds. The average Bonchev–Trinajstić information content (AvgIpc) is 2.28. The van der Waals surface area contributed by atoms with E-state index in [1.165, 1.54) is 0 Å². The number of methoxy groups -OCH3 is 1. The molecule has 0 aliphatic heterocycles. The Morgan fingerprint density at radius 2 is 2.06 bits per heavy atom. The minimum absolute atomic E-state index is 0.105. The van der Waals surface area contributed by atoms with Gasteiger partial charge in [-0.3, -0.25) is 4.79 Å². The highest BCUT2D eigenvalue weighted by Gasteiger charge is 2.32. The minimum Gasteiger partial charge on any atom is -0.383 e.